The molecule has 1 aromatic heterocycles. The molecule has 0 radical (unpaired) electrons. The van der Waals surface area contributed by atoms with Crippen LogP contribution in [0.25, 0.3) is 0 Å². The Balaban J connectivity index is 1.56. The molecule has 5 heteroatoms. The number of ether oxygens (including phenoxy) is 1. The molecule has 2 aromatic rings. The first-order valence-electron chi connectivity index (χ1n) is 8.55. The first kappa shape index (κ1) is 16.4. The van der Waals surface area contributed by atoms with Gasteiger partial charge >= 0.3 is 6.01 Å². The maximum atomic E-state index is 12.9. The number of benzene rings is 1. The summed E-state index contributed by atoms with van der Waals surface area (Å²) in [6.45, 7) is 3.51. The number of hydrogen-bond acceptors (Lipinski definition) is 4. The number of likely N-dealkylation sites (tertiary alicyclic amines) is 1. The van der Waals surface area contributed by atoms with Gasteiger partial charge in [0.05, 0.1) is 5.92 Å². The van der Waals surface area contributed by atoms with Crippen molar-refractivity contribution in [2.45, 2.75) is 38.2 Å². The molecule has 2 heterocycles. The molecule has 1 unspecified atom stereocenters. The van der Waals surface area contributed by atoms with Gasteiger partial charge in [0.15, 0.2) is 0 Å². The molecular weight excluding hydrogens is 302 g/mol. The lowest BCUT2D eigenvalue weighted by atomic mass is 9.94. The lowest BCUT2D eigenvalue weighted by molar-refractivity contribution is -0.134. The monoisotopic (exact) mass is 325 g/mol. The van der Waals surface area contributed by atoms with Crippen LogP contribution in [0.4, 0.5) is 0 Å². The fourth-order valence-corrected chi connectivity index (χ4v) is 3.15. The van der Waals surface area contributed by atoms with Crippen LogP contribution in [0.15, 0.2) is 48.8 Å². The zero-order valence-electron chi connectivity index (χ0n) is 14.0. The zero-order valence-corrected chi connectivity index (χ0v) is 14.0. The number of carbonyl (C=O) groups excluding carboxylic acids is 1. The summed E-state index contributed by atoms with van der Waals surface area (Å²) in [5.41, 5.74) is 1.10. The van der Waals surface area contributed by atoms with Crippen molar-refractivity contribution in [2.24, 2.45) is 0 Å². The third-order valence-corrected chi connectivity index (χ3v) is 4.48. The Morgan fingerprint density at radius 2 is 1.83 bits per heavy atom. The van der Waals surface area contributed by atoms with Crippen LogP contribution in [0.2, 0.25) is 0 Å². The number of carbonyl (C=O) groups is 1. The Morgan fingerprint density at radius 1 is 1.17 bits per heavy atom. The summed E-state index contributed by atoms with van der Waals surface area (Å²) in [4.78, 5) is 23.0. The van der Waals surface area contributed by atoms with E-state index in [2.05, 4.69) is 16.9 Å². The van der Waals surface area contributed by atoms with E-state index in [1.54, 1.807) is 18.5 Å². The third-order valence-electron chi connectivity index (χ3n) is 4.48. The van der Waals surface area contributed by atoms with Gasteiger partial charge in [-0.05, 0) is 18.1 Å². The van der Waals surface area contributed by atoms with Crippen LogP contribution < -0.4 is 4.74 Å². The molecule has 0 spiro atoms. The molecular formula is C19H23N3O2. The second kappa shape index (κ2) is 7.90. The van der Waals surface area contributed by atoms with Crippen LogP contribution >= 0.6 is 0 Å². The van der Waals surface area contributed by atoms with Crippen LogP contribution in [0, 0.1) is 0 Å². The van der Waals surface area contributed by atoms with Crippen molar-refractivity contribution in [3.05, 3.63) is 54.4 Å². The maximum Gasteiger partial charge on any atom is 0.316 e. The predicted octanol–water partition coefficient (Wildman–Crippen LogP) is 3.04. The van der Waals surface area contributed by atoms with Crippen LogP contribution in [-0.4, -0.2) is 40.0 Å². The summed E-state index contributed by atoms with van der Waals surface area (Å²) in [6, 6.07) is 12.2. The van der Waals surface area contributed by atoms with Gasteiger partial charge in [0.1, 0.15) is 6.10 Å². The molecule has 1 aliphatic rings. The summed E-state index contributed by atoms with van der Waals surface area (Å²) in [5.74, 6) is 0.166. The molecule has 24 heavy (non-hydrogen) atoms. The van der Waals surface area contributed by atoms with Crippen molar-refractivity contribution < 1.29 is 9.53 Å². The van der Waals surface area contributed by atoms with Crippen molar-refractivity contribution in [1.29, 1.82) is 0 Å². The number of piperidine rings is 1. The molecule has 1 atom stereocenters. The molecule has 1 fully saturated rings. The molecule has 0 aliphatic carbocycles. The summed E-state index contributed by atoms with van der Waals surface area (Å²) in [6.07, 6.45) is 5.87. The standard InChI is InChI=1S/C19H23N3O2/c1-2-17(15-7-4-3-5-8-15)18(23)22-13-9-16(10-14-22)24-19-20-11-6-12-21-19/h3-8,11-12,16-17H,2,9-10,13-14H2,1H3. The number of amides is 1. The van der Waals surface area contributed by atoms with Crippen molar-refractivity contribution >= 4 is 5.91 Å². The van der Waals surface area contributed by atoms with Gasteiger partial charge < -0.3 is 9.64 Å². The van der Waals surface area contributed by atoms with Gasteiger partial charge in [-0.3, -0.25) is 4.79 Å². The number of rotatable bonds is 5. The van der Waals surface area contributed by atoms with Gasteiger partial charge in [0.25, 0.3) is 0 Å². The minimum Gasteiger partial charge on any atom is -0.460 e. The van der Waals surface area contributed by atoms with Gasteiger partial charge in [-0.25, -0.2) is 9.97 Å². The highest BCUT2D eigenvalue weighted by atomic mass is 16.5. The highest BCUT2D eigenvalue weighted by Gasteiger charge is 2.29. The van der Waals surface area contributed by atoms with E-state index in [0.717, 1.165) is 37.9 Å². The molecule has 0 saturated carbocycles. The Kier molecular flexibility index (Phi) is 5.41. The fourth-order valence-electron chi connectivity index (χ4n) is 3.15. The molecule has 1 amide bonds. The van der Waals surface area contributed by atoms with E-state index in [1.807, 2.05) is 35.2 Å². The Labute approximate surface area is 142 Å². The van der Waals surface area contributed by atoms with Crippen LogP contribution in [0.3, 0.4) is 0 Å². The largest absolute Gasteiger partial charge is 0.460 e. The normalized spacial score (nSPS) is 16.6. The summed E-state index contributed by atoms with van der Waals surface area (Å²) < 4.78 is 5.79. The highest BCUT2D eigenvalue weighted by Crippen LogP contribution is 2.24. The van der Waals surface area contributed by atoms with E-state index in [4.69, 9.17) is 4.74 Å². The van der Waals surface area contributed by atoms with Gasteiger partial charge in [0.2, 0.25) is 5.91 Å². The van der Waals surface area contributed by atoms with Crippen molar-refractivity contribution in [1.82, 2.24) is 14.9 Å². The Bertz CT molecular complexity index is 640. The first-order valence-corrected chi connectivity index (χ1v) is 8.55. The van der Waals surface area contributed by atoms with E-state index in [9.17, 15) is 4.79 Å². The first-order chi connectivity index (χ1) is 11.8. The van der Waals surface area contributed by atoms with Gasteiger partial charge in [-0.15, -0.1) is 0 Å². The van der Waals surface area contributed by atoms with E-state index in [0.29, 0.717) is 6.01 Å². The third kappa shape index (κ3) is 3.91. The topological polar surface area (TPSA) is 55.3 Å². The number of hydrogen-bond donors (Lipinski definition) is 0. The zero-order chi connectivity index (χ0) is 16.8. The van der Waals surface area contributed by atoms with E-state index in [1.165, 1.54) is 0 Å². The molecule has 0 N–H and O–H groups in total. The number of nitrogens with zero attached hydrogens (tertiary/aromatic N) is 3. The minimum atomic E-state index is -0.0545. The lowest BCUT2D eigenvalue weighted by Gasteiger charge is -2.34. The summed E-state index contributed by atoms with van der Waals surface area (Å²) in [7, 11) is 0. The lowest BCUT2D eigenvalue weighted by Crippen LogP contribution is -2.43. The maximum absolute atomic E-state index is 12.9. The van der Waals surface area contributed by atoms with Crippen molar-refractivity contribution in [2.75, 3.05) is 13.1 Å². The second-order valence-corrected chi connectivity index (χ2v) is 6.05. The second-order valence-electron chi connectivity index (χ2n) is 6.05. The van der Waals surface area contributed by atoms with Gasteiger partial charge in [-0.1, -0.05) is 37.3 Å². The fraction of sp³-hybridized carbons (Fsp3) is 0.421. The van der Waals surface area contributed by atoms with E-state index < -0.39 is 0 Å². The molecule has 126 valence electrons. The van der Waals surface area contributed by atoms with Crippen molar-refractivity contribution in [3.63, 3.8) is 0 Å². The van der Waals surface area contributed by atoms with Crippen LogP contribution in [-0.2, 0) is 4.79 Å². The molecule has 3 rings (SSSR count). The predicted molar refractivity (Wildman–Crippen MR) is 91.7 cm³/mol. The molecule has 1 aromatic carbocycles. The Hall–Kier alpha value is -2.43. The van der Waals surface area contributed by atoms with Gasteiger partial charge in [0, 0.05) is 38.3 Å². The number of aromatic nitrogens is 2. The minimum absolute atomic E-state index is 0.0545. The molecule has 0 bridgehead atoms. The van der Waals surface area contributed by atoms with Gasteiger partial charge in [-0.2, -0.15) is 0 Å². The van der Waals surface area contributed by atoms with Crippen molar-refractivity contribution in [3.8, 4) is 6.01 Å². The Morgan fingerprint density at radius 3 is 2.46 bits per heavy atom. The van der Waals surface area contributed by atoms with E-state index >= 15 is 0 Å². The van der Waals surface area contributed by atoms with Crippen LogP contribution in [0.1, 0.15) is 37.7 Å². The average Bonchev–Trinajstić information content (AvgIpc) is 2.65. The smallest absolute Gasteiger partial charge is 0.316 e. The molecule has 1 aliphatic heterocycles. The van der Waals surface area contributed by atoms with E-state index in [-0.39, 0.29) is 17.9 Å². The van der Waals surface area contributed by atoms with Crippen LogP contribution in [0.5, 0.6) is 6.01 Å². The molecule has 1 saturated heterocycles. The quantitative estimate of drug-likeness (QED) is 0.848. The molecule has 5 nitrogen and oxygen atoms in total. The summed E-state index contributed by atoms with van der Waals surface area (Å²) >= 11 is 0. The average molecular weight is 325 g/mol. The SMILES string of the molecule is CCC(C(=O)N1CCC(Oc2ncccn2)CC1)c1ccccc1. The summed E-state index contributed by atoms with van der Waals surface area (Å²) in [5, 5.41) is 0. The highest BCUT2D eigenvalue weighted by molar-refractivity contribution is 5.83.